The summed E-state index contributed by atoms with van der Waals surface area (Å²) in [6.07, 6.45) is 0. The summed E-state index contributed by atoms with van der Waals surface area (Å²) in [6, 6.07) is 15.6. The molecule has 0 spiro atoms. The van der Waals surface area contributed by atoms with Gasteiger partial charge in [0.1, 0.15) is 17.4 Å². The molecule has 1 heterocycles. The molecule has 1 aromatic heterocycles. The number of anilines is 1. The van der Waals surface area contributed by atoms with Crippen molar-refractivity contribution in [1.82, 2.24) is 4.90 Å². The van der Waals surface area contributed by atoms with Gasteiger partial charge in [-0.25, -0.2) is 8.78 Å². The second-order valence-corrected chi connectivity index (χ2v) is 6.86. The molecule has 3 rings (SSSR count). The molecule has 0 aliphatic carbocycles. The lowest BCUT2D eigenvalue weighted by Crippen LogP contribution is -2.29. The van der Waals surface area contributed by atoms with Crippen molar-refractivity contribution in [1.29, 1.82) is 0 Å². The second kappa shape index (κ2) is 8.80. The summed E-state index contributed by atoms with van der Waals surface area (Å²) in [4.78, 5) is 14.4. The molecule has 0 aliphatic heterocycles. The van der Waals surface area contributed by atoms with Gasteiger partial charge in [0.05, 0.1) is 6.54 Å². The van der Waals surface area contributed by atoms with Gasteiger partial charge in [0.25, 0.3) is 5.91 Å². The quantitative estimate of drug-likeness (QED) is 0.607. The van der Waals surface area contributed by atoms with E-state index in [0.29, 0.717) is 24.5 Å². The predicted molar refractivity (Wildman–Crippen MR) is 104 cm³/mol. The van der Waals surface area contributed by atoms with Gasteiger partial charge < -0.3 is 9.73 Å². The number of hydrogen-bond acceptors (Lipinski definition) is 3. The number of carbonyl (C=O) groups excluding carboxylic acids is 1. The highest BCUT2D eigenvalue weighted by Gasteiger charge is 2.16. The van der Waals surface area contributed by atoms with Crippen molar-refractivity contribution in [3.8, 4) is 0 Å². The van der Waals surface area contributed by atoms with E-state index < -0.39 is 5.91 Å². The average molecular weight is 384 g/mol. The number of hydrogen-bond donors (Lipinski definition) is 1. The molecule has 0 unspecified atom stereocenters. The van der Waals surface area contributed by atoms with Crippen molar-refractivity contribution in [3.05, 3.63) is 89.4 Å². The van der Waals surface area contributed by atoms with Crippen molar-refractivity contribution < 1.29 is 18.0 Å². The molecule has 0 bridgehead atoms. The van der Waals surface area contributed by atoms with Crippen LogP contribution in [0.5, 0.6) is 0 Å². The van der Waals surface area contributed by atoms with Gasteiger partial charge in [-0.1, -0.05) is 12.1 Å². The van der Waals surface area contributed by atoms with Crippen molar-refractivity contribution in [2.75, 3.05) is 5.32 Å². The van der Waals surface area contributed by atoms with E-state index in [1.807, 2.05) is 19.9 Å². The molecule has 146 valence electrons. The maximum Gasteiger partial charge on any atom is 0.291 e. The molecular weight excluding hydrogens is 362 g/mol. The van der Waals surface area contributed by atoms with Crippen LogP contribution in [0.3, 0.4) is 0 Å². The Morgan fingerprint density at radius 3 is 2.43 bits per heavy atom. The van der Waals surface area contributed by atoms with E-state index in [1.54, 1.807) is 18.2 Å². The first-order valence-electron chi connectivity index (χ1n) is 9.05. The van der Waals surface area contributed by atoms with E-state index in [0.717, 1.165) is 5.56 Å². The van der Waals surface area contributed by atoms with Crippen LogP contribution >= 0.6 is 0 Å². The van der Waals surface area contributed by atoms with Crippen LogP contribution in [0.25, 0.3) is 0 Å². The Kier molecular flexibility index (Phi) is 6.21. The summed E-state index contributed by atoms with van der Waals surface area (Å²) in [6.45, 7) is 5.14. The Labute approximate surface area is 162 Å². The van der Waals surface area contributed by atoms with Gasteiger partial charge in [-0.2, -0.15) is 0 Å². The van der Waals surface area contributed by atoms with Gasteiger partial charge >= 0.3 is 0 Å². The Morgan fingerprint density at radius 1 is 1.00 bits per heavy atom. The Hall–Kier alpha value is -2.99. The van der Waals surface area contributed by atoms with Gasteiger partial charge in [0, 0.05) is 18.3 Å². The van der Waals surface area contributed by atoms with Crippen LogP contribution in [-0.4, -0.2) is 16.8 Å². The van der Waals surface area contributed by atoms with Gasteiger partial charge in [-0.15, -0.1) is 0 Å². The third-order valence-electron chi connectivity index (χ3n) is 4.35. The number of nitrogens with zero attached hydrogens (tertiary/aromatic N) is 1. The van der Waals surface area contributed by atoms with Gasteiger partial charge in [0.15, 0.2) is 5.76 Å². The third-order valence-corrected chi connectivity index (χ3v) is 4.35. The maximum absolute atomic E-state index is 13.4. The monoisotopic (exact) mass is 384 g/mol. The molecule has 0 aliphatic rings. The molecule has 1 N–H and O–H groups in total. The lowest BCUT2D eigenvalue weighted by atomic mass is 10.2. The molecular formula is C22H22F2N2O2. The molecule has 3 aromatic rings. The van der Waals surface area contributed by atoms with E-state index in [9.17, 15) is 13.6 Å². The molecule has 0 radical (unpaired) electrons. The number of carbonyl (C=O) groups is 1. The summed E-state index contributed by atoms with van der Waals surface area (Å²) in [7, 11) is 0. The van der Waals surface area contributed by atoms with Crippen molar-refractivity contribution in [3.63, 3.8) is 0 Å². The van der Waals surface area contributed by atoms with Crippen LogP contribution in [0, 0.1) is 11.6 Å². The van der Waals surface area contributed by atoms with Crippen LogP contribution in [-0.2, 0) is 13.1 Å². The number of benzene rings is 2. The highest BCUT2D eigenvalue weighted by atomic mass is 19.1. The number of rotatable bonds is 7. The van der Waals surface area contributed by atoms with Gasteiger partial charge in [0.2, 0.25) is 0 Å². The van der Waals surface area contributed by atoms with E-state index in [1.165, 1.54) is 36.4 Å². The number of amides is 1. The van der Waals surface area contributed by atoms with Crippen molar-refractivity contribution in [2.45, 2.75) is 33.0 Å². The van der Waals surface area contributed by atoms with Crippen LogP contribution in [0.15, 0.2) is 65.1 Å². The van der Waals surface area contributed by atoms with E-state index >= 15 is 0 Å². The average Bonchev–Trinajstić information content (AvgIpc) is 3.12. The summed E-state index contributed by atoms with van der Waals surface area (Å²) in [5.41, 5.74) is 1.36. The molecule has 0 fully saturated rings. The van der Waals surface area contributed by atoms with Crippen LogP contribution in [0.1, 0.15) is 35.7 Å². The maximum atomic E-state index is 13.4. The van der Waals surface area contributed by atoms with Crippen LogP contribution < -0.4 is 5.32 Å². The normalized spacial score (nSPS) is 11.2. The summed E-state index contributed by atoms with van der Waals surface area (Å²) >= 11 is 0. The predicted octanol–water partition coefficient (Wildman–Crippen LogP) is 5.22. The Morgan fingerprint density at radius 2 is 1.75 bits per heavy atom. The summed E-state index contributed by atoms with van der Waals surface area (Å²) in [5.74, 6) is -0.230. The fraction of sp³-hybridized carbons (Fsp3) is 0.227. The minimum absolute atomic E-state index is 0.175. The minimum Gasteiger partial charge on any atom is -0.455 e. The molecule has 0 saturated carbocycles. The standard InChI is InChI=1S/C22H22F2N2O2/c1-15(2)26(13-16-4-3-5-18(24)12-16)14-20-10-11-21(28-20)22(27)25-19-8-6-17(23)7-9-19/h3-12,15H,13-14H2,1-2H3,(H,25,27). The smallest absolute Gasteiger partial charge is 0.291 e. The molecule has 6 heteroatoms. The topological polar surface area (TPSA) is 45.5 Å². The number of furan rings is 1. The molecule has 0 atom stereocenters. The SMILES string of the molecule is CC(C)N(Cc1cccc(F)c1)Cc1ccc(C(=O)Nc2ccc(F)cc2)o1. The second-order valence-electron chi connectivity index (χ2n) is 6.86. The Balaban J connectivity index is 1.65. The van der Waals surface area contributed by atoms with E-state index in [-0.39, 0.29) is 23.4 Å². The lowest BCUT2D eigenvalue weighted by molar-refractivity contribution is 0.0991. The number of nitrogens with one attached hydrogen (secondary N) is 1. The summed E-state index contributed by atoms with van der Waals surface area (Å²) in [5, 5.41) is 2.67. The first-order chi connectivity index (χ1) is 13.4. The van der Waals surface area contributed by atoms with Gasteiger partial charge in [-0.3, -0.25) is 9.69 Å². The molecule has 28 heavy (non-hydrogen) atoms. The zero-order chi connectivity index (χ0) is 20.1. The van der Waals surface area contributed by atoms with Crippen LogP contribution in [0.2, 0.25) is 0 Å². The molecule has 1 amide bonds. The van der Waals surface area contributed by atoms with Gasteiger partial charge in [-0.05, 0) is 67.9 Å². The Bertz CT molecular complexity index is 936. The molecule has 4 nitrogen and oxygen atoms in total. The highest BCUT2D eigenvalue weighted by Crippen LogP contribution is 2.17. The lowest BCUT2D eigenvalue weighted by Gasteiger charge is -2.25. The molecule has 0 saturated heterocycles. The van der Waals surface area contributed by atoms with E-state index in [4.69, 9.17) is 4.42 Å². The fourth-order valence-electron chi connectivity index (χ4n) is 2.80. The number of halogens is 2. The largest absolute Gasteiger partial charge is 0.455 e. The third kappa shape index (κ3) is 5.27. The first kappa shape index (κ1) is 19.8. The first-order valence-corrected chi connectivity index (χ1v) is 9.05. The van der Waals surface area contributed by atoms with Crippen LogP contribution in [0.4, 0.5) is 14.5 Å². The highest BCUT2D eigenvalue weighted by molar-refractivity contribution is 6.02. The van der Waals surface area contributed by atoms with Crippen molar-refractivity contribution in [2.24, 2.45) is 0 Å². The summed E-state index contributed by atoms with van der Waals surface area (Å²) < 4.78 is 32.1. The molecule has 2 aromatic carbocycles. The van der Waals surface area contributed by atoms with Crippen molar-refractivity contribution >= 4 is 11.6 Å². The van der Waals surface area contributed by atoms with E-state index in [2.05, 4.69) is 10.2 Å². The fourth-order valence-corrected chi connectivity index (χ4v) is 2.80. The minimum atomic E-state index is -0.404. The zero-order valence-corrected chi connectivity index (χ0v) is 15.8. The zero-order valence-electron chi connectivity index (χ0n) is 15.8.